The number of nitroso groups, excluding NO2 is 1. The highest BCUT2D eigenvalue weighted by atomic mass is 35.5. The first kappa shape index (κ1) is 10.5. The summed E-state index contributed by atoms with van der Waals surface area (Å²) in [7, 11) is 0. The van der Waals surface area contributed by atoms with Crippen LogP contribution in [0.2, 0.25) is 0 Å². The van der Waals surface area contributed by atoms with E-state index < -0.39 is 5.50 Å². The van der Waals surface area contributed by atoms with Crippen LogP contribution in [0.4, 0.5) is 0 Å². The third-order valence-corrected chi connectivity index (χ3v) is 2.00. The van der Waals surface area contributed by atoms with Gasteiger partial charge in [-0.3, -0.25) is 0 Å². The van der Waals surface area contributed by atoms with E-state index >= 15 is 0 Å². The molecule has 1 rings (SSSR count). The van der Waals surface area contributed by atoms with Crippen molar-refractivity contribution >= 4 is 11.6 Å². The molecule has 1 unspecified atom stereocenters. The lowest BCUT2D eigenvalue weighted by Crippen LogP contribution is -1.86. The van der Waals surface area contributed by atoms with Gasteiger partial charge >= 0.3 is 0 Å². The first-order chi connectivity index (χ1) is 6.77. The number of nitrogens with zero attached hydrogens (tertiary/aromatic N) is 4. The summed E-state index contributed by atoms with van der Waals surface area (Å²) in [6.45, 7) is 0.290. The van der Waals surface area contributed by atoms with Gasteiger partial charge in [0.2, 0.25) is 0 Å². The molecule has 0 heterocycles. The molecule has 0 aliphatic heterocycles. The highest BCUT2D eigenvalue weighted by molar-refractivity contribution is 6.20. The van der Waals surface area contributed by atoms with Crippen molar-refractivity contribution in [3.63, 3.8) is 0 Å². The van der Waals surface area contributed by atoms with Gasteiger partial charge in [-0.15, -0.1) is 4.91 Å². The molecule has 0 N–H and O–H groups in total. The Morgan fingerprint density at radius 2 is 2.07 bits per heavy atom. The van der Waals surface area contributed by atoms with Gasteiger partial charge in [0.25, 0.3) is 0 Å². The molecule has 0 radical (unpaired) electrons. The van der Waals surface area contributed by atoms with Crippen LogP contribution in [0.1, 0.15) is 16.6 Å². The Morgan fingerprint density at radius 3 is 2.57 bits per heavy atom. The average Bonchev–Trinajstić information content (AvgIpc) is 2.26. The minimum atomic E-state index is -0.858. The summed E-state index contributed by atoms with van der Waals surface area (Å²) in [5.41, 5.74) is 8.72. The summed E-state index contributed by atoms with van der Waals surface area (Å²) in [4.78, 5) is 12.7. The number of hydrogen-bond donors (Lipinski definition) is 0. The van der Waals surface area contributed by atoms with Crippen LogP contribution in [-0.4, -0.2) is 0 Å². The van der Waals surface area contributed by atoms with Crippen LogP contribution in [0.15, 0.2) is 34.6 Å². The number of azide groups is 1. The Hall–Kier alpha value is -1.58. The number of hydrogen-bond acceptors (Lipinski definition) is 3. The van der Waals surface area contributed by atoms with Crippen molar-refractivity contribution in [2.24, 2.45) is 10.3 Å². The van der Waals surface area contributed by atoms with Crippen LogP contribution in [0, 0.1) is 4.91 Å². The molecule has 0 aliphatic carbocycles. The Labute approximate surface area is 85.3 Å². The Kier molecular flexibility index (Phi) is 3.91. The molecular weight excluding hydrogens is 204 g/mol. The van der Waals surface area contributed by atoms with Crippen LogP contribution in [0.25, 0.3) is 10.4 Å². The van der Waals surface area contributed by atoms with Gasteiger partial charge in [0.1, 0.15) is 0 Å². The minimum Gasteiger partial charge on any atom is -0.149 e. The van der Waals surface area contributed by atoms with Gasteiger partial charge in [0.05, 0.1) is 6.54 Å². The summed E-state index contributed by atoms with van der Waals surface area (Å²) >= 11 is 5.59. The second-order valence-electron chi connectivity index (χ2n) is 2.57. The van der Waals surface area contributed by atoms with Gasteiger partial charge in [0.15, 0.2) is 5.50 Å². The van der Waals surface area contributed by atoms with Gasteiger partial charge in [-0.05, 0) is 21.8 Å². The maximum absolute atomic E-state index is 10.1. The second kappa shape index (κ2) is 5.21. The van der Waals surface area contributed by atoms with Crippen molar-refractivity contribution in [3.05, 3.63) is 50.7 Å². The highest BCUT2D eigenvalue weighted by Gasteiger charge is 2.05. The van der Waals surface area contributed by atoms with Crippen LogP contribution in [0.5, 0.6) is 0 Å². The van der Waals surface area contributed by atoms with Crippen molar-refractivity contribution in [2.75, 3.05) is 0 Å². The Balaban J connectivity index is 2.77. The van der Waals surface area contributed by atoms with Crippen molar-refractivity contribution in [1.82, 2.24) is 0 Å². The summed E-state index contributed by atoms with van der Waals surface area (Å²) in [6.07, 6.45) is 0. The number of halogens is 1. The van der Waals surface area contributed by atoms with E-state index in [0.717, 1.165) is 5.56 Å². The Morgan fingerprint density at radius 1 is 1.43 bits per heavy atom. The molecule has 0 saturated heterocycles. The molecule has 1 aromatic carbocycles. The van der Waals surface area contributed by atoms with E-state index in [4.69, 9.17) is 17.1 Å². The molecule has 1 aromatic rings. The largest absolute Gasteiger partial charge is 0.190 e. The molecule has 0 aliphatic rings. The van der Waals surface area contributed by atoms with Gasteiger partial charge in [-0.25, -0.2) is 0 Å². The highest BCUT2D eigenvalue weighted by Crippen LogP contribution is 2.21. The van der Waals surface area contributed by atoms with Crippen LogP contribution < -0.4 is 0 Å². The molecule has 0 aromatic heterocycles. The van der Waals surface area contributed by atoms with E-state index in [1.54, 1.807) is 24.3 Å². The van der Waals surface area contributed by atoms with Crippen molar-refractivity contribution in [1.29, 1.82) is 0 Å². The average molecular weight is 211 g/mol. The monoisotopic (exact) mass is 210 g/mol. The van der Waals surface area contributed by atoms with Crippen molar-refractivity contribution in [3.8, 4) is 0 Å². The molecule has 0 bridgehead atoms. The molecule has 14 heavy (non-hydrogen) atoms. The predicted molar refractivity (Wildman–Crippen MR) is 53.7 cm³/mol. The van der Waals surface area contributed by atoms with Gasteiger partial charge in [-0.1, -0.05) is 41.0 Å². The second-order valence-corrected chi connectivity index (χ2v) is 2.99. The maximum Gasteiger partial charge on any atom is 0.190 e. The van der Waals surface area contributed by atoms with E-state index in [1.807, 2.05) is 0 Å². The third-order valence-electron chi connectivity index (χ3n) is 1.66. The van der Waals surface area contributed by atoms with E-state index in [2.05, 4.69) is 15.2 Å². The lowest BCUT2D eigenvalue weighted by atomic mass is 10.1. The number of benzene rings is 1. The number of rotatable bonds is 4. The fraction of sp³-hybridized carbons (Fsp3) is 0.250. The molecule has 0 spiro atoms. The summed E-state index contributed by atoms with van der Waals surface area (Å²) in [6, 6.07) is 6.84. The third kappa shape index (κ3) is 2.73. The molecule has 5 nitrogen and oxygen atoms in total. The van der Waals surface area contributed by atoms with E-state index in [0.29, 0.717) is 5.56 Å². The first-order valence-corrected chi connectivity index (χ1v) is 4.28. The van der Waals surface area contributed by atoms with Crippen LogP contribution >= 0.6 is 11.6 Å². The van der Waals surface area contributed by atoms with E-state index in [9.17, 15) is 4.91 Å². The predicted octanol–water partition coefficient (Wildman–Crippen LogP) is 3.50. The molecule has 6 heteroatoms. The topological polar surface area (TPSA) is 78.2 Å². The summed E-state index contributed by atoms with van der Waals surface area (Å²) < 4.78 is 0. The van der Waals surface area contributed by atoms with E-state index in [-0.39, 0.29) is 6.54 Å². The molecule has 0 amide bonds. The van der Waals surface area contributed by atoms with Gasteiger partial charge in [-0.2, -0.15) is 0 Å². The molecule has 0 fully saturated rings. The fourth-order valence-corrected chi connectivity index (χ4v) is 1.10. The SMILES string of the molecule is [N-]=[N+]=NCc1ccc(C(Cl)N=O)cc1. The smallest absolute Gasteiger partial charge is 0.149 e. The summed E-state index contributed by atoms with van der Waals surface area (Å²) in [5, 5.41) is 6.08. The van der Waals surface area contributed by atoms with Gasteiger partial charge in [0, 0.05) is 4.91 Å². The zero-order chi connectivity index (χ0) is 10.4. The quantitative estimate of drug-likeness (QED) is 0.187. The fourth-order valence-electron chi connectivity index (χ4n) is 0.956. The molecule has 1 atom stereocenters. The van der Waals surface area contributed by atoms with E-state index in [1.165, 1.54) is 0 Å². The first-order valence-electron chi connectivity index (χ1n) is 3.84. The molecule has 72 valence electrons. The maximum atomic E-state index is 10.1. The lowest BCUT2D eigenvalue weighted by Gasteiger charge is -2.01. The van der Waals surface area contributed by atoms with Crippen molar-refractivity contribution < 1.29 is 0 Å². The zero-order valence-electron chi connectivity index (χ0n) is 7.17. The lowest BCUT2D eigenvalue weighted by molar-refractivity contribution is 0.991. The van der Waals surface area contributed by atoms with Crippen LogP contribution in [-0.2, 0) is 6.54 Å². The Bertz CT molecular complexity index is 358. The van der Waals surface area contributed by atoms with Crippen molar-refractivity contribution in [2.45, 2.75) is 12.0 Å². The molecule has 0 saturated carbocycles. The normalized spacial score (nSPS) is 11.5. The minimum absolute atomic E-state index is 0.290. The van der Waals surface area contributed by atoms with Crippen LogP contribution in [0.3, 0.4) is 0 Å². The van der Waals surface area contributed by atoms with Gasteiger partial charge < -0.3 is 0 Å². The number of alkyl halides is 1. The standard InChI is InChI=1S/C8H7ClN4O/c9-8(12-14)7-3-1-6(2-4-7)5-11-13-10/h1-4,8H,5H2. The summed E-state index contributed by atoms with van der Waals surface area (Å²) in [5.74, 6) is 0. The zero-order valence-corrected chi connectivity index (χ0v) is 7.92. The molecular formula is C8H7ClN4O.